The Labute approximate surface area is 175 Å². The number of fused-ring (bicyclic) bond motifs is 1. The van der Waals surface area contributed by atoms with Crippen molar-refractivity contribution in [3.63, 3.8) is 0 Å². The van der Waals surface area contributed by atoms with E-state index < -0.39 is 5.97 Å². The number of carbonyl (C=O) groups is 1. The quantitative estimate of drug-likeness (QED) is 0.442. The van der Waals surface area contributed by atoms with Crippen molar-refractivity contribution in [2.24, 2.45) is 0 Å². The predicted octanol–water partition coefficient (Wildman–Crippen LogP) is 6.69. The van der Waals surface area contributed by atoms with Gasteiger partial charge >= 0.3 is 5.97 Å². The number of hydrogen-bond acceptors (Lipinski definition) is 1. The molecule has 1 aliphatic rings. The van der Waals surface area contributed by atoms with Gasteiger partial charge in [-0.3, -0.25) is 0 Å². The first-order valence-corrected chi connectivity index (χ1v) is 10.5. The molecule has 0 saturated heterocycles. The molecule has 3 rings (SSSR count). The van der Waals surface area contributed by atoms with Crippen molar-refractivity contribution < 1.29 is 9.90 Å². The smallest absolute Gasteiger partial charge is 0.328 e. The summed E-state index contributed by atoms with van der Waals surface area (Å²) < 4.78 is 0. The molecule has 0 radical (unpaired) electrons. The molecule has 0 saturated carbocycles. The monoisotopic (exact) mass is 388 g/mol. The summed E-state index contributed by atoms with van der Waals surface area (Å²) >= 11 is 0. The van der Waals surface area contributed by atoms with Crippen molar-refractivity contribution in [3.8, 4) is 0 Å². The fraction of sp³-hybridized carbons (Fsp3) is 0.370. The van der Waals surface area contributed by atoms with Crippen LogP contribution in [0.1, 0.15) is 69.2 Å². The average Bonchev–Trinajstić information content (AvgIpc) is 2.68. The zero-order chi connectivity index (χ0) is 21.1. The Kier molecular flexibility index (Phi) is 6.12. The van der Waals surface area contributed by atoms with Gasteiger partial charge in [-0.1, -0.05) is 82.3 Å². The normalized spacial score (nSPS) is 17.9. The van der Waals surface area contributed by atoms with Crippen molar-refractivity contribution in [3.05, 3.63) is 89.0 Å². The summed E-state index contributed by atoms with van der Waals surface area (Å²) in [5, 5.41) is 9.00. The van der Waals surface area contributed by atoms with Crippen LogP contribution in [0.2, 0.25) is 0 Å². The first-order chi connectivity index (χ1) is 13.7. The third-order valence-electron chi connectivity index (χ3n) is 6.23. The summed E-state index contributed by atoms with van der Waals surface area (Å²) in [7, 11) is 0. The zero-order valence-corrected chi connectivity index (χ0v) is 18.0. The molecule has 1 N–H and O–H groups in total. The third kappa shape index (κ3) is 5.06. The summed E-state index contributed by atoms with van der Waals surface area (Å²) in [5.74, 6) is -0.925. The molecule has 0 fully saturated rings. The van der Waals surface area contributed by atoms with Crippen LogP contribution in [0.4, 0.5) is 0 Å². The van der Waals surface area contributed by atoms with Crippen molar-refractivity contribution in [1.82, 2.24) is 0 Å². The fourth-order valence-electron chi connectivity index (χ4n) is 4.26. The number of aliphatic carboxylic acids is 1. The molecule has 2 nitrogen and oxygen atoms in total. The van der Waals surface area contributed by atoms with E-state index in [9.17, 15) is 4.79 Å². The van der Waals surface area contributed by atoms with E-state index in [2.05, 4.69) is 52.0 Å². The number of carboxylic acids is 1. The lowest BCUT2D eigenvalue weighted by atomic mass is 9.63. The second kappa shape index (κ2) is 8.41. The molecule has 0 aromatic heterocycles. The summed E-state index contributed by atoms with van der Waals surface area (Å²) in [6, 6.07) is 17.0. The minimum absolute atomic E-state index is 0.218. The molecule has 0 spiro atoms. The number of carboxylic acid groups (broad SMARTS) is 1. The first-order valence-electron chi connectivity index (χ1n) is 10.5. The fourth-order valence-corrected chi connectivity index (χ4v) is 4.26. The first kappa shape index (κ1) is 21.1. The highest BCUT2D eigenvalue weighted by Gasteiger charge is 2.36. The predicted molar refractivity (Wildman–Crippen MR) is 121 cm³/mol. The van der Waals surface area contributed by atoms with Crippen molar-refractivity contribution >= 4 is 11.5 Å². The molecule has 2 heteroatoms. The highest BCUT2D eigenvalue weighted by Crippen LogP contribution is 2.45. The Bertz CT molecular complexity index is 930. The Morgan fingerprint density at radius 3 is 2.24 bits per heavy atom. The lowest BCUT2D eigenvalue weighted by Gasteiger charge is -2.42. The number of benzene rings is 2. The van der Waals surface area contributed by atoms with Gasteiger partial charge in [0.15, 0.2) is 0 Å². The van der Waals surface area contributed by atoms with Gasteiger partial charge in [0.2, 0.25) is 0 Å². The van der Waals surface area contributed by atoms with E-state index in [0.29, 0.717) is 0 Å². The van der Waals surface area contributed by atoms with E-state index in [1.165, 1.54) is 35.6 Å². The molecule has 2 aromatic rings. The Hall–Kier alpha value is -2.61. The van der Waals surface area contributed by atoms with E-state index in [0.717, 1.165) is 24.0 Å². The van der Waals surface area contributed by atoms with E-state index in [1.807, 2.05) is 30.3 Å². The highest BCUT2D eigenvalue weighted by atomic mass is 16.4. The number of aryl methyl sites for hydroxylation is 1. The Balaban J connectivity index is 1.82. The van der Waals surface area contributed by atoms with E-state index in [4.69, 9.17) is 5.11 Å². The van der Waals surface area contributed by atoms with Gasteiger partial charge in [0.25, 0.3) is 0 Å². The summed E-state index contributed by atoms with van der Waals surface area (Å²) in [6.45, 7) is 9.42. The molecule has 0 amide bonds. The lowest BCUT2D eigenvalue weighted by Crippen LogP contribution is -2.33. The second-order valence-electron chi connectivity index (χ2n) is 9.38. The maximum atomic E-state index is 11.0. The summed E-state index contributed by atoms with van der Waals surface area (Å²) in [5.41, 5.74) is 6.78. The Morgan fingerprint density at radius 2 is 1.59 bits per heavy atom. The second-order valence-corrected chi connectivity index (χ2v) is 9.38. The van der Waals surface area contributed by atoms with Crippen LogP contribution in [-0.2, 0) is 22.0 Å². The van der Waals surface area contributed by atoms with Gasteiger partial charge in [-0.25, -0.2) is 4.79 Å². The van der Waals surface area contributed by atoms with Gasteiger partial charge < -0.3 is 5.11 Å². The zero-order valence-electron chi connectivity index (χ0n) is 18.0. The van der Waals surface area contributed by atoms with Crippen molar-refractivity contribution in [2.75, 3.05) is 0 Å². The van der Waals surface area contributed by atoms with E-state index >= 15 is 0 Å². The van der Waals surface area contributed by atoms with Gasteiger partial charge in [-0.2, -0.15) is 0 Å². The maximum Gasteiger partial charge on any atom is 0.328 e. The molecule has 0 atom stereocenters. The minimum Gasteiger partial charge on any atom is -0.478 e. The summed E-state index contributed by atoms with van der Waals surface area (Å²) in [6.07, 6.45) is 9.31. The van der Waals surface area contributed by atoms with Gasteiger partial charge in [-0.15, -0.1) is 0 Å². The van der Waals surface area contributed by atoms with Gasteiger partial charge in [-0.05, 0) is 70.4 Å². The molecular formula is C27H32O2. The molecular weight excluding hydrogens is 356 g/mol. The van der Waals surface area contributed by atoms with Gasteiger partial charge in [0.05, 0.1) is 0 Å². The molecule has 1 aliphatic carbocycles. The summed E-state index contributed by atoms with van der Waals surface area (Å²) in [4.78, 5) is 11.0. The standard InChI is InChI=1S/C27H32O2/c1-26(2)17-18-27(3,4)24-19-20(13-15-23(24)26)9-8-12-22(14-16-25(28)29)21-10-6-5-7-11-21/h5-7,10-16,19H,8-9,17-18H2,1-4H3,(H,28,29)/b16-14+,22-12-. The largest absolute Gasteiger partial charge is 0.478 e. The number of hydrogen-bond donors (Lipinski definition) is 1. The van der Waals surface area contributed by atoms with E-state index in [1.54, 1.807) is 6.08 Å². The van der Waals surface area contributed by atoms with Crippen LogP contribution in [0, 0.1) is 0 Å². The molecule has 29 heavy (non-hydrogen) atoms. The van der Waals surface area contributed by atoms with Gasteiger partial charge in [0.1, 0.15) is 0 Å². The van der Waals surface area contributed by atoms with Crippen LogP contribution < -0.4 is 0 Å². The third-order valence-corrected chi connectivity index (χ3v) is 6.23. The molecule has 0 heterocycles. The van der Waals surface area contributed by atoms with Crippen LogP contribution in [0.3, 0.4) is 0 Å². The van der Waals surface area contributed by atoms with Crippen LogP contribution in [-0.4, -0.2) is 11.1 Å². The lowest BCUT2D eigenvalue weighted by molar-refractivity contribution is -0.131. The number of allylic oxidation sites excluding steroid dienone is 3. The molecule has 2 aromatic carbocycles. The van der Waals surface area contributed by atoms with Crippen molar-refractivity contribution in [1.29, 1.82) is 0 Å². The van der Waals surface area contributed by atoms with Crippen LogP contribution in [0.25, 0.3) is 5.57 Å². The van der Waals surface area contributed by atoms with Gasteiger partial charge in [0, 0.05) is 6.08 Å². The molecule has 0 aliphatic heterocycles. The molecule has 152 valence electrons. The SMILES string of the molecule is CC1(C)CCC(C)(C)c2cc(CC/C=C(/C=C/C(=O)O)c3ccccc3)ccc21. The molecule has 0 bridgehead atoms. The van der Waals surface area contributed by atoms with E-state index in [-0.39, 0.29) is 10.8 Å². The van der Waals surface area contributed by atoms with Crippen molar-refractivity contribution in [2.45, 2.75) is 64.2 Å². The van der Waals surface area contributed by atoms with Crippen LogP contribution in [0.5, 0.6) is 0 Å². The average molecular weight is 389 g/mol. The van der Waals surface area contributed by atoms with Crippen LogP contribution >= 0.6 is 0 Å². The Morgan fingerprint density at radius 1 is 0.931 bits per heavy atom. The number of rotatable bonds is 6. The van der Waals surface area contributed by atoms with Crippen LogP contribution in [0.15, 0.2) is 66.8 Å². The maximum absolute atomic E-state index is 11.0. The minimum atomic E-state index is -0.925. The highest BCUT2D eigenvalue weighted by molar-refractivity contribution is 5.85. The topological polar surface area (TPSA) is 37.3 Å². The molecule has 0 unspecified atom stereocenters.